The summed E-state index contributed by atoms with van der Waals surface area (Å²) in [6, 6.07) is 6.04. The van der Waals surface area contributed by atoms with Gasteiger partial charge in [0.1, 0.15) is 11.3 Å². The zero-order valence-corrected chi connectivity index (χ0v) is 10.7. The summed E-state index contributed by atoms with van der Waals surface area (Å²) in [6.45, 7) is 0. The molecule has 0 aliphatic rings. The second kappa shape index (κ2) is 5.39. The highest BCUT2D eigenvalue weighted by Crippen LogP contribution is 2.31. The molecule has 0 aliphatic carbocycles. The molecule has 1 N–H and O–H groups in total. The molecule has 0 unspecified atom stereocenters. The van der Waals surface area contributed by atoms with Crippen LogP contribution in [-0.2, 0) is 6.18 Å². The fraction of sp³-hybridized carbons (Fsp3) is 0.154. The number of carboxylic acids is 1. The highest BCUT2D eigenvalue weighted by molar-refractivity contribution is 5.89. The molecule has 1 aromatic heterocycles. The number of alkyl halides is 3. The van der Waals surface area contributed by atoms with E-state index in [1.54, 1.807) is 0 Å². The average Bonchev–Trinajstić information content (AvgIpc) is 2.45. The van der Waals surface area contributed by atoms with E-state index in [1.807, 2.05) is 0 Å². The molecule has 1 heterocycles. The molecule has 0 amide bonds. The summed E-state index contributed by atoms with van der Waals surface area (Å²) in [4.78, 5) is 17.8. The predicted octanol–water partition coefficient (Wildman–Crippen LogP) is 2.87. The minimum Gasteiger partial charge on any atom is -0.497 e. The van der Waals surface area contributed by atoms with Gasteiger partial charge in [-0.25, -0.2) is 14.8 Å². The molecule has 0 saturated heterocycles. The molecule has 0 atom stereocenters. The Morgan fingerprint density at radius 2 is 1.86 bits per heavy atom. The van der Waals surface area contributed by atoms with Gasteiger partial charge in [0, 0.05) is 11.8 Å². The third kappa shape index (κ3) is 3.10. The van der Waals surface area contributed by atoms with Gasteiger partial charge < -0.3 is 9.84 Å². The van der Waals surface area contributed by atoms with E-state index >= 15 is 0 Å². The summed E-state index contributed by atoms with van der Waals surface area (Å²) in [7, 11) is 1.45. The number of methoxy groups -OCH3 is 1. The van der Waals surface area contributed by atoms with Gasteiger partial charge in [-0.15, -0.1) is 0 Å². The number of halogens is 3. The fourth-order valence-electron chi connectivity index (χ4n) is 1.63. The van der Waals surface area contributed by atoms with Crippen molar-refractivity contribution < 1.29 is 27.8 Å². The molecule has 0 radical (unpaired) electrons. The van der Waals surface area contributed by atoms with Crippen LogP contribution in [0.1, 0.15) is 16.1 Å². The maximum atomic E-state index is 12.8. The molecule has 0 aliphatic heterocycles. The van der Waals surface area contributed by atoms with Gasteiger partial charge in [-0.05, 0) is 24.3 Å². The van der Waals surface area contributed by atoms with Crippen molar-refractivity contribution in [1.82, 2.24) is 9.97 Å². The monoisotopic (exact) mass is 298 g/mol. The van der Waals surface area contributed by atoms with Crippen molar-refractivity contribution in [3.05, 3.63) is 41.7 Å². The number of rotatable bonds is 3. The van der Waals surface area contributed by atoms with Crippen molar-refractivity contribution in [2.45, 2.75) is 6.18 Å². The minimum absolute atomic E-state index is 0.213. The molecule has 0 saturated carbocycles. The molecule has 5 nitrogen and oxygen atoms in total. The molecule has 110 valence electrons. The first-order valence-electron chi connectivity index (χ1n) is 5.65. The van der Waals surface area contributed by atoms with E-state index in [4.69, 9.17) is 9.84 Å². The lowest BCUT2D eigenvalue weighted by Gasteiger charge is -2.10. The van der Waals surface area contributed by atoms with E-state index in [0.717, 1.165) is 0 Å². The van der Waals surface area contributed by atoms with Crippen LogP contribution < -0.4 is 4.74 Å². The highest BCUT2D eigenvalue weighted by Gasteiger charge is 2.38. The summed E-state index contributed by atoms with van der Waals surface area (Å²) in [6.07, 6.45) is -4.23. The minimum atomic E-state index is -4.88. The summed E-state index contributed by atoms with van der Waals surface area (Å²) in [5, 5.41) is 8.76. The summed E-state index contributed by atoms with van der Waals surface area (Å²) in [5.74, 6) is -1.42. The number of carboxylic acid groups (broad SMARTS) is 1. The van der Waals surface area contributed by atoms with Crippen LogP contribution in [0.5, 0.6) is 5.75 Å². The molecule has 21 heavy (non-hydrogen) atoms. The second-order valence-corrected chi connectivity index (χ2v) is 3.99. The van der Waals surface area contributed by atoms with E-state index in [0.29, 0.717) is 17.5 Å². The maximum absolute atomic E-state index is 12.8. The smallest absolute Gasteiger partial charge is 0.434 e. The molecule has 0 spiro atoms. The van der Waals surface area contributed by atoms with Crippen LogP contribution in [0.25, 0.3) is 11.4 Å². The Bertz CT molecular complexity index is 669. The fourth-order valence-corrected chi connectivity index (χ4v) is 1.63. The van der Waals surface area contributed by atoms with Gasteiger partial charge in [0.05, 0.1) is 7.11 Å². The van der Waals surface area contributed by atoms with Gasteiger partial charge in [-0.1, -0.05) is 0 Å². The third-order valence-electron chi connectivity index (χ3n) is 2.64. The Balaban J connectivity index is 2.53. The zero-order valence-electron chi connectivity index (χ0n) is 10.7. The average molecular weight is 298 g/mol. The van der Waals surface area contributed by atoms with Gasteiger partial charge >= 0.3 is 12.1 Å². The summed E-state index contributed by atoms with van der Waals surface area (Å²) >= 11 is 0. The maximum Gasteiger partial charge on any atom is 0.434 e. The molecule has 0 fully saturated rings. The Kier molecular flexibility index (Phi) is 3.79. The Hall–Kier alpha value is -2.64. The first kappa shape index (κ1) is 14.8. The number of aromatic carboxylic acids is 1. The molecular formula is C13H9F3N2O3. The van der Waals surface area contributed by atoms with Crippen LogP contribution in [0.15, 0.2) is 30.5 Å². The lowest BCUT2D eigenvalue weighted by molar-refractivity contribution is -0.141. The molecule has 8 heteroatoms. The quantitative estimate of drug-likeness (QED) is 0.943. The normalized spacial score (nSPS) is 11.2. The van der Waals surface area contributed by atoms with Gasteiger partial charge in [-0.3, -0.25) is 0 Å². The number of hydrogen-bond donors (Lipinski definition) is 1. The number of aromatic nitrogens is 2. The molecule has 2 aromatic rings. The van der Waals surface area contributed by atoms with E-state index < -0.39 is 23.4 Å². The van der Waals surface area contributed by atoms with E-state index in [-0.39, 0.29) is 5.82 Å². The van der Waals surface area contributed by atoms with Crippen molar-refractivity contribution >= 4 is 5.97 Å². The lowest BCUT2D eigenvalue weighted by Crippen LogP contribution is -2.16. The largest absolute Gasteiger partial charge is 0.497 e. The summed E-state index contributed by atoms with van der Waals surface area (Å²) < 4.78 is 43.5. The van der Waals surface area contributed by atoms with Crippen LogP contribution >= 0.6 is 0 Å². The predicted molar refractivity (Wildman–Crippen MR) is 66.0 cm³/mol. The Morgan fingerprint density at radius 3 is 2.33 bits per heavy atom. The van der Waals surface area contributed by atoms with Crippen LogP contribution in [0.2, 0.25) is 0 Å². The van der Waals surface area contributed by atoms with Gasteiger partial charge in [0.15, 0.2) is 11.5 Å². The van der Waals surface area contributed by atoms with Crippen molar-refractivity contribution in [2.75, 3.05) is 7.11 Å². The van der Waals surface area contributed by atoms with Crippen LogP contribution in [0.4, 0.5) is 13.2 Å². The van der Waals surface area contributed by atoms with Gasteiger partial charge in [0.2, 0.25) is 0 Å². The molecular weight excluding hydrogens is 289 g/mol. The van der Waals surface area contributed by atoms with Gasteiger partial charge in [-0.2, -0.15) is 13.2 Å². The summed E-state index contributed by atoms with van der Waals surface area (Å²) in [5.41, 5.74) is -2.14. The molecule has 1 aromatic carbocycles. The topological polar surface area (TPSA) is 72.3 Å². The van der Waals surface area contributed by atoms with E-state index in [2.05, 4.69) is 9.97 Å². The molecule has 2 rings (SSSR count). The Labute approximate surface area is 117 Å². The number of benzene rings is 1. The zero-order chi connectivity index (χ0) is 15.6. The van der Waals surface area contributed by atoms with Crippen molar-refractivity contribution in [3.63, 3.8) is 0 Å². The van der Waals surface area contributed by atoms with Crippen LogP contribution in [0, 0.1) is 0 Å². The van der Waals surface area contributed by atoms with Gasteiger partial charge in [0.25, 0.3) is 0 Å². The van der Waals surface area contributed by atoms with E-state index in [9.17, 15) is 18.0 Å². The Morgan fingerprint density at radius 1 is 1.24 bits per heavy atom. The standard InChI is InChI=1S/C13H9F3N2O3/c1-21-8-4-2-7(3-5-8)11-17-6-9(12(19)20)10(18-11)13(14,15)16/h2-6H,1H3,(H,19,20). The van der Waals surface area contributed by atoms with Crippen molar-refractivity contribution in [1.29, 1.82) is 0 Å². The number of nitrogens with zero attached hydrogens (tertiary/aromatic N) is 2. The number of ether oxygens (including phenoxy) is 1. The third-order valence-corrected chi connectivity index (χ3v) is 2.64. The van der Waals surface area contributed by atoms with Crippen LogP contribution in [0.3, 0.4) is 0 Å². The number of carbonyl (C=O) groups is 1. The van der Waals surface area contributed by atoms with Crippen molar-refractivity contribution in [3.8, 4) is 17.1 Å². The van der Waals surface area contributed by atoms with Crippen LogP contribution in [-0.4, -0.2) is 28.2 Å². The first-order chi connectivity index (χ1) is 9.82. The highest BCUT2D eigenvalue weighted by atomic mass is 19.4. The molecule has 0 bridgehead atoms. The number of hydrogen-bond acceptors (Lipinski definition) is 4. The lowest BCUT2D eigenvalue weighted by atomic mass is 10.1. The first-order valence-corrected chi connectivity index (χ1v) is 5.65. The van der Waals surface area contributed by atoms with E-state index in [1.165, 1.54) is 31.4 Å². The van der Waals surface area contributed by atoms with Crippen molar-refractivity contribution in [2.24, 2.45) is 0 Å². The SMILES string of the molecule is COc1ccc(-c2ncc(C(=O)O)c(C(F)(F)F)n2)cc1. The second-order valence-electron chi connectivity index (χ2n) is 3.99.